The molecule has 0 bridgehead atoms. The summed E-state index contributed by atoms with van der Waals surface area (Å²) in [6.07, 6.45) is 0. The van der Waals surface area contributed by atoms with Crippen LogP contribution in [0.2, 0.25) is 0 Å². The molecular formula is C14H16BrN3O. The first-order chi connectivity index (χ1) is 9.02. The van der Waals surface area contributed by atoms with Gasteiger partial charge in [0.25, 0.3) is 5.91 Å². The van der Waals surface area contributed by atoms with Crippen molar-refractivity contribution in [1.82, 2.24) is 15.1 Å². The number of hydrogen-bond donors (Lipinski definition) is 1. The van der Waals surface area contributed by atoms with Gasteiger partial charge in [-0.25, -0.2) is 0 Å². The smallest absolute Gasteiger partial charge is 0.251 e. The van der Waals surface area contributed by atoms with Crippen LogP contribution in [0.5, 0.6) is 0 Å². The SMILES string of the molecule is CNC(=O)c1cccc(Cn2nc(C)c(Br)c2C)c1. The maximum atomic E-state index is 11.6. The van der Waals surface area contributed by atoms with Crippen molar-refractivity contribution in [2.24, 2.45) is 0 Å². The van der Waals surface area contributed by atoms with Crippen LogP contribution in [-0.2, 0) is 6.54 Å². The zero-order valence-corrected chi connectivity index (χ0v) is 12.8. The van der Waals surface area contributed by atoms with E-state index in [1.807, 2.05) is 36.7 Å². The summed E-state index contributed by atoms with van der Waals surface area (Å²) >= 11 is 3.51. The molecule has 100 valence electrons. The maximum absolute atomic E-state index is 11.6. The van der Waals surface area contributed by atoms with Gasteiger partial charge < -0.3 is 5.32 Å². The van der Waals surface area contributed by atoms with Gasteiger partial charge in [-0.1, -0.05) is 12.1 Å². The van der Waals surface area contributed by atoms with E-state index in [0.29, 0.717) is 12.1 Å². The molecule has 4 nitrogen and oxygen atoms in total. The van der Waals surface area contributed by atoms with Gasteiger partial charge in [-0.15, -0.1) is 0 Å². The molecule has 1 aromatic carbocycles. The molecule has 0 unspecified atom stereocenters. The third-order valence-electron chi connectivity index (χ3n) is 3.04. The fourth-order valence-corrected chi connectivity index (χ4v) is 2.24. The van der Waals surface area contributed by atoms with Gasteiger partial charge in [0.15, 0.2) is 0 Å². The summed E-state index contributed by atoms with van der Waals surface area (Å²) in [6, 6.07) is 7.58. The molecule has 2 rings (SSSR count). The third-order valence-corrected chi connectivity index (χ3v) is 4.19. The first kappa shape index (κ1) is 13.8. The van der Waals surface area contributed by atoms with Gasteiger partial charge in [-0.2, -0.15) is 5.10 Å². The fourth-order valence-electron chi connectivity index (χ4n) is 1.96. The lowest BCUT2D eigenvalue weighted by Crippen LogP contribution is -2.18. The number of carbonyl (C=O) groups excluding carboxylic acids is 1. The summed E-state index contributed by atoms with van der Waals surface area (Å²) in [6.45, 7) is 4.64. The van der Waals surface area contributed by atoms with Crippen molar-refractivity contribution in [3.63, 3.8) is 0 Å². The number of nitrogens with one attached hydrogen (secondary N) is 1. The summed E-state index contributed by atoms with van der Waals surface area (Å²) < 4.78 is 2.97. The van der Waals surface area contributed by atoms with Crippen LogP contribution >= 0.6 is 15.9 Å². The highest BCUT2D eigenvalue weighted by atomic mass is 79.9. The molecule has 1 heterocycles. The molecule has 0 atom stereocenters. The van der Waals surface area contributed by atoms with Crippen LogP contribution in [0.4, 0.5) is 0 Å². The highest BCUT2D eigenvalue weighted by Gasteiger charge is 2.10. The van der Waals surface area contributed by atoms with E-state index in [1.54, 1.807) is 13.1 Å². The van der Waals surface area contributed by atoms with E-state index >= 15 is 0 Å². The van der Waals surface area contributed by atoms with Gasteiger partial charge in [0.1, 0.15) is 0 Å². The predicted molar refractivity (Wildman–Crippen MR) is 78.3 cm³/mol. The minimum Gasteiger partial charge on any atom is -0.355 e. The molecule has 0 saturated heterocycles. The van der Waals surface area contributed by atoms with Crippen LogP contribution in [0.3, 0.4) is 0 Å². The Hall–Kier alpha value is -1.62. The summed E-state index contributed by atoms with van der Waals surface area (Å²) in [5.41, 5.74) is 3.78. The fraction of sp³-hybridized carbons (Fsp3) is 0.286. The Kier molecular flexibility index (Phi) is 4.04. The summed E-state index contributed by atoms with van der Waals surface area (Å²) in [4.78, 5) is 11.6. The molecule has 0 aliphatic carbocycles. The van der Waals surface area contributed by atoms with Crippen LogP contribution in [0.15, 0.2) is 28.7 Å². The second kappa shape index (κ2) is 5.57. The molecular weight excluding hydrogens is 306 g/mol. The molecule has 1 N–H and O–H groups in total. The predicted octanol–water partition coefficient (Wildman–Crippen LogP) is 2.67. The molecule has 2 aromatic rings. The number of rotatable bonds is 3. The zero-order chi connectivity index (χ0) is 14.0. The first-order valence-electron chi connectivity index (χ1n) is 6.03. The van der Waals surface area contributed by atoms with Gasteiger partial charge in [-0.05, 0) is 47.5 Å². The average Bonchev–Trinajstić information content (AvgIpc) is 2.66. The van der Waals surface area contributed by atoms with E-state index in [2.05, 4.69) is 26.3 Å². The largest absolute Gasteiger partial charge is 0.355 e. The Morgan fingerprint density at radius 1 is 1.42 bits per heavy atom. The number of amides is 1. The number of carbonyl (C=O) groups is 1. The average molecular weight is 322 g/mol. The van der Waals surface area contributed by atoms with E-state index in [-0.39, 0.29) is 5.91 Å². The first-order valence-corrected chi connectivity index (χ1v) is 6.82. The van der Waals surface area contributed by atoms with Crippen LogP contribution < -0.4 is 5.32 Å². The highest BCUT2D eigenvalue weighted by Crippen LogP contribution is 2.20. The molecule has 0 aliphatic heterocycles. The molecule has 1 amide bonds. The van der Waals surface area contributed by atoms with Crippen molar-refractivity contribution in [2.75, 3.05) is 7.05 Å². The second-order valence-electron chi connectivity index (χ2n) is 4.42. The minimum absolute atomic E-state index is 0.0728. The van der Waals surface area contributed by atoms with E-state index in [9.17, 15) is 4.79 Å². The summed E-state index contributed by atoms with van der Waals surface area (Å²) in [5.74, 6) is -0.0728. The zero-order valence-electron chi connectivity index (χ0n) is 11.2. The number of aryl methyl sites for hydroxylation is 1. The Bertz CT molecular complexity index is 619. The molecule has 19 heavy (non-hydrogen) atoms. The minimum atomic E-state index is -0.0728. The number of hydrogen-bond acceptors (Lipinski definition) is 2. The highest BCUT2D eigenvalue weighted by molar-refractivity contribution is 9.10. The van der Waals surface area contributed by atoms with Crippen LogP contribution in [0, 0.1) is 13.8 Å². The lowest BCUT2D eigenvalue weighted by Gasteiger charge is -2.06. The standard InChI is InChI=1S/C14H16BrN3O/c1-9-13(15)10(2)18(17-9)8-11-5-4-6-12(7-11)14(19)16-3/h4-7H,8H2,1-3H3,(H,16,19). The third kappa shape index (κ3) is 2.87. The van der Waals surface area contributed by atoms with Crippen molar-refractivity contribution in [1.29, 1.82) is 0 Å². The van der Waals surface area contributed by atoms with Crippen LogP contribution in [0.25, 0.3) is 0 Å². The van der Waals surface area contributed by atoms with Gasteiger partial charge >= 0.3 is 0 Å². The molecule has 0 spiro atoms. The van der Waals surface area contributed by atoms with E-state index in [4.69, 9.17) is 0 Å². The second-order valence-corrected chi connectivity index (χ2v) is 5.21. The van der Waals surface area contributed by atoms with Crippen molar-refractivity contribution in [3.8, 4) is 0 Å². The number of benzene rings is 1. The molecule has 0 aliphatic rings. The number of aromatic nitrogens is 2. The number of nitrogens with zero attached hydrogens (tertiary/aromatic N) is 2. The van der Waals surface area contributed by atoms with Crippen LogP contribution in [0.1, 0.15) is 27.3 Å². The van der Waals surface area contributed by atoms with Crippen molar-refractivity contribution in [2.45, 2.75) is 20.4 Å². The number of halogens is 1. The Balaban J connectivity index is 2.28. The van der Waals surface area contributed by atoms with E-state index < -0.39 is 0 Å². The van der Waals surface area contributed by atoms with Gasteiger partial charge in [-0.3, -0.25) is 9.48 Å². The molecule has 5 heteroatoms. The molecule has 1 aromatic heterocycles. The Morgan fingerprint density at radius 2 is 2.16 bits per heavy atom. The van der Waals surface area contributed by atoms with Crippen LogP contribution in [-0.4, -0.2) is 22.7 Å². The van der Waals surface area contributed by atoms with Crippen molar-refractivity contribution in [3.05, 3.63) is 51.3 Å². The van der Waals surface area contributed by atoms with Gasteiger partial charge in [0, 0.05) is 12.6 Å². The van der Waals surface area contributed by atoms with E-state index in [1.165, 1.54) is 0 Å². The van der Waals surface area contributed by atoms with E-state index in [0.717, 1.165) is 21.4 Å². The normalized spacial score (nSPS) is 10.5. The lowest BCUT2D eigenvalue weighted by molar-refractivity contribution is 0.0963. The van der Waals surface area contributed by atoms with Gasteiger partial charge in [0.2, 0.25) is 0 Å². The maximum Gasteiger partial charge on any atom is 0.251 e. The van der Waals surface area contributed by atoms with Gasteiger partial charge in [0.05, 0.1) is 22.4 Å². The topological polar surface area (TPSA) is 46.9 Å². The Labute approximate surface area is 120 Å². The van der Waals surface area contributed by atoms with Crippen molar-refractivity contribution >= 4 is 21.8 Å². The Morgan fingerprint density at radius 3 is 2.74 bits per heavy atom. The quantitative estimate of drug-likeness (QED) is 0.944. The monoisotopic (exact) mass is 321 g/mol. The summed E-state index contributed by atoms with van der Waals surface area (Å²) in [7, 11) is 1.63. The lowest BCUT2D eigenvalue weighted by atomic mass is 10.1. The van der Waals surface area contributed by atoms with Crippen molar-refractivity contribution < 1.29 is 4.79 Å². The molecule has 0 fully saturated rings. The molecule has 0 saturated carbocycles. The molecule has 0 radical (unpaired) electrons. The summed E-state index contributed by atoms with van der Waals surface area (Å²) in [5, 5.41) is 7.10.